The Morgan fingerprint density at radius 3 is 2.70 bits per heavy atom. The summed E-state index contributed by atoms with van der Waals surface area (Å²) in [5.41, 5.74) is 0.599. The Morgan fingerprint density at radius 1 is 1.30 bits per heavy atom. The molecule has 7 heteroatoms. The molecule has 0 spiro atoms. The lowest BCUT2D eigenvalue weighted by molar-refractivity contribution is -0.117. The van der Waals surface area contributed by atoms with E-state index in [0.29, 0.717) is 25.2 Å². The summed E-state index contributed by atoms with van der Waals surface area (Å²) in [4.78, 5) is 13.6. The molecule has 1 aromatic rings. The highest BCUT2D eigenvalue weighted by atomic mass is 32.2. The fourth-order valence-corrected chi connectivity index (χ4v) is 3.88. The maximum atomic E-state index is 12.5. The van der Waals surface area contributed by atoms with Crippen molar-refractivity contribution in [2.24, 2.45) is 0 Å². The Labute approximate surface area is 137 Å². The molecule has 128 valence electrons. The van der Waals surface area contributed by atoms with Gasteiger partial charge in [0.2, 0.25) is 15.9 Å². The summed E-state index contributed by atoms with van der Waals surface area (Å²) in [5, 5.41) is 0. The summed E-state index contributed by atoms with van der Waals surface area (Å²) in [7, 11) is -2.23. The standard InChI is InChI=1S/C16H24N2O4S/c1-3-4-5-10-17-23(20,21)15-12-13(8-9-14(15)22-2)18-11-6-7-16(18)19/h8-9,12,17H,3-7,10-11H2,1-2H3. The Morgan fingerprint density at radius 2 is 2.09 bits per heavy atom. The van der Waals surface area contributed by atoms with Crippen molar-refractivity contribution >= 4 is 21.6 Å². The predicted molar refractivity (Wildman–Crippen MR) is 89.3 cm³/mol. The molecule has 0 atom stereocenters. The number of amides is 1. The maximum Gasteiger partial charge on any atom is 0.244 e. The van der Waals surface area contributed by atoms with Gasteiger partial charge in [-0.05, 0) is 31.0 Å². The van der Waals surface area contributed by atoms with Crippen LogP contribution in [-0.2, 0) is 14.8 Å². The largest absolute Gasteiger partial charge is 0.495 e. The van der Waals surface area contributed by atoms with Gasteiger partial charge in [0.25, 0.3) is 0 Å². The summed E-state index contributed by atoms with van der Waals surface area (Å²) < 4.78 is 32.8. The van der Waals surface area contributed by atoms with Crippen molar-refractivity contribution in [2.45, 2.75) is 43.9 Å². The maximum absolute atomic E-state index is 12.5. The molecule has 1 aromatic carbocycles. The van der Waals surface area contributed by atoms with E-state index in [0.717, 1.165) is 25.7 Å². The number of ether oxygens (including phenoxy) is 1. The summed E-state index contributed by atoms with van der Waals surface area (Å²) in [6, 6.07) is 4.84. The first-order valence-electron chi connectivity index (χ1n) is 7.97. The average Bonchev–Trinajstić information content (AvgIpc) is 2.97. The number of nitrogens with zero attached hydrogens (tertiary/aromatic N) is 1. The van der Waals surface area contributed by atoms with Crippen LogP contribution in [0.15, 0.2) is 23.1 Å². The van der Waals surface area contributed by atoms with Crippen LogP contribution in [0, 0.1) is 0 Å². The molecule has 0 aromatic heterocycles. The molecule has 6 nitrogen and oxygen atoms in total. The van der Waals surface area contributed by atoms with E-state index in [1.165, 1.54) is 13.2 Å². The SMILES string of the molecule is CCCCCNS(=O)(=O)c1cc(N2CCCC2=O)ccc1OC. The van der Waals surface area contributed by atoms with Crippen LogP contribution in [-0.4, -0.2) is 34.5 Å². The first-order chi connectivity index (χ1) is 11.0. The van der Waals surface area contributed by atoms with Gasteiger partial charge in [-0.3, -0.25) is 4.79 Å². The van der Waals surface area contributed by atoms with Crippen LogP contribution < -0.4 is 14.4 Å². The number of anilines is 1. The number of unbranched alkanes of at least 4 members (excludes halogenated alkanes) is 2. The lowest BCUT2D eigenvalue weighted by Gasteiger charge is -2.18. The number of carbonyl (C=O) groups is 1. The number of carbonyl (C=O) groups excluding carboxylic acids is 1. The molecule has 1 fully saturated rings. The molecule has 1 aliphatic rings. The van der Waals surface area contributed by atoms with Crippen molar-refractivity contribution in [3.63, 3.8) is 0 Å². The third kappa shape index (κ3) is 4.23. The fourth-order valence-electron chi connectivity index (χ4n) is 2.62. The molecule has 0 radical (unpaired) electrons. The molecule has 23 heavy (non-hydrogen) atoms. The molecule has 2 rings (SSSR count). The lowest BCUT2D eigenvalue weighted by atomic mass is 10.3. The zero-order chi connectivity index (χ0) is 16.9. The van der Waals surface area contributed by atoms with Gasteiger partial charge in [-0.15, -0.1) is 0 Å². The zero-order valence-electron chi connectivity index (χ0n) is 13.7. The highest BCUT2D eigenvalue weighted by Crippen LogP contribution is 2.30. The number of hydrogen-bond donors (Lipinski definition) is 1. The highest BCUT2D eigenvalue weighted by molar-refractivity contribution is 7.89. The van der Waals surface area contributed by atoms with Crippen molar-refractivity contribution < 1.29 is 17.9 Å². The van der Waals surface area contributed by atoms with Gasteiger partial charge < -0.3 is 9.64 Å². The van der Waals surface area contributed by atoms with Gasteiger partial charge in [0.1, 0.15) is 10.6 Å². The van der Waals surface area contributed by atoms with Crippen molar-refractivity contribution in [1.29, 1.82) is 0 Å². The second-order valence-corrected chi connectivity index (χ2v) is 7.32. The van der Waals surface area contributed by atoms with Gasteiger partial charge in [0.05, 0.1) is 7.11 Å². The minimum Gasteiger partial charge on any atom is -0.495 e. The molecule has 1 heterocycles. The Hall–Kier alpha value is -1.60. The molecule has 1 amide bonds. The number of rotatable bonds is 8. The summed E-state index contributed by atoms with van der Waals surface area (Å²) in [6.07, 6.45) is 4.09. The van der Waals surface area contributed by atoms with Gasteiger partial charge in [-0.2, -0.15) is 0 Å². The van der Waals surface area contributed by atoms with Crippen LogP contribution >= 0.6 is 0 Å². The Bertz CT molecular complexity index is 658. The van der Waals surface area contributed by atoms with Crippen LogP contribution in [0.1, 0.15) is 39.0 Å². The van der Waals surface area contributed by atoms with Gasteiger partial charge in [0.15, 0.2) is 0 Å². The molecule has 0 aliphatic carbocycles. The molecule has 0 saturated carbocycles. The summed E-state index contributed by atoms with van der Waals surface area (Å²) in [6.45, 7) is 3.08. The van der Waals surface area contributed by atoms with Gasteiger partial charge in [0, 0.05) is 25.2 Å². The van der Waals surface area contributed by atoms with Gasteiger partial charge in [-0.25, -0.2) is 13.1 Å². The number of hydrogen-bond acceptors (Lipinski definition) is 4. The normalized spacial score (nSPS) is 15.2. The third-order valence-corrected chi connectivity index (χ3v) is 5.38. The van der Waals surface area contributed by atoms with Crippen molar-refractivity contribution in [2.75, 3.05) is 25.1 Å². The first-order valence-corrected chi connectivity index (χ1v) is 9.46. The summed E-state index contributed by atoms with van der Waals surface area (Å²) in [5.74, 6) is 0.304. The van der Waals surface area contributed by atoms with E-state index in [1.807, 2.05) is 0 Å². The second-order valence-electron chi connectivity index (χ2n) is 5.59. The Balaban J connectivity index is 2.26. The minimum atomic E-state index is -3.67. The van der Waals surface area contributed by atoms with E-state index < -0.39 is 10.0 Å². The van der Waals surface area contributed by atoms with Crippen LogP contribution in [0.4, 0.5) is 5.69 Å². The van der Waals surface area contributed by atoms with Crippen molar-refractivity contribution in [3.05, 3.63) is 18.2 Å². The van der Waals surface area contributed by atoms with Crippen molar-refractivity contribution in [1.82, 2.24) is 4.72 Å². The van der Waals surface area contributed by atoms with E-state index in [9.17, 15) is 13.2 Å². The van der Waals surface area contributed by atoms with E-state index in [2.05, 4.69) is 11.6 Å². The van der Waals surface area contributed by atoms with Crippen LogP contribution in [0.3, 0.4) is 0 Å². The highest BCUT2D eigenvalue weighted by Gasteiger charge is 2.25. The smallest absolute Gasteiger partial charge is 0.244 e. The van der Waals surface area contributed by atoms with Crippen LogP contribution in [0.5, 0.6) is 5.75 Å². The minimum absolute atomic E-state index is 0.0226. The molecular formula is C16H24N2O4S. The monoisotopic (exact) mass is 340 g/mol. The average molecular weight is 340 g/mol. The van der Waals surface area contributed by atoms with Gasteiger partial charge >= 0.3 is 0 Å². The predicted octanol–water partition coefficient (Wildman–Crippen LogP) is 2.29. The molecule has 1 N–H and O–H groups in total. The van der Waals surface area contributed by atoms with Gasteiger partial charge in [-0.1, -0.05) is 19.8 Å². The first kappa shape index (κ1) is 17.7. The fraction of sp³-hybridized carbons (Fsp3) is 0.562. The number of sulfonamides is 1. The van der Waals surface area contributed by atoms with E-state index >= 15 is 0 Å². The number of methoxy groups -OCH3 is 1. The molecule has 1 saturated heterocycles. The number of nitrogens with one attached hydrogen (secondary N) is 1. The quantitative estimate of drug-likeness (QED) is 0.737. The Kier molecular flexibility index (Phi) is 6.01. The van der Waals surface area contributed by atoms with E-state index in [1.54, 1.807) is 17.0 Å². The molecule has 1 aliphatic heterocycles. The second kappa shape index (κ2) is 7.79. The van der Waals surface area contributed by atoms with Crippen LogP contribution in [0.25, 0.3) is 0 Å². The third-order valence-electron chi connectivity index (χ3n) is 3.89. The number of benzene rings is 1. The van der Waals surface area contributed by atoms with Crippen molar-refractivity contribution in [3.8, 4) is 5.75 Å². The summed E-state index contributed by atoms with van der Waals surface area (Å²) >= 11 is 0. The molecular weight excluding hydrogens is 316 g/mol. The van der Waals surface area contributed by atoms with E-state index in [4.69, 9.17) is 4.74 Å². The zero-order valence-corrected chi connectivity index (χ0v) is 14.5. The molecule has 0 unspecified atom stereocenters. The molecule has 0 bridgehead atoms. The lowest BCUT2D eigenvalue weighted by Crippen LogP contribution is -2.27. The topological polar surface area (TPSA) is 75.7 Å². The van der Waals surface area contributed by atoms with Crippen LogP contribution in [0.2, 0.25) is 0 Å². The van der Waals surface area contributed by atoms with E-state index in [-0.39, 0.29) is 16.6 Å².